The molecule has 1 aromatic rings. The Morgan fingerprint density at radius 3 is 2.41 bits per heavy atom. The molecular formula is C13H18ClF3N2O2S. The number of hydrogen-bond acceptors (Lipinski definition) is 3. The number of hydrogen-bond donors (Lipinski definition) is 1. The summed E-state index contributed by atoms with van der Waals surface area (Å²) in [5, 5.41) is 3.10. The summed E-state index contributed by atoms with van der Waals surface area (Å²) < 4.78 is 65.4. The minimum absolute atomic E-state index is 0. The Labute approximate surface area is 134 Å². The molecule has 0 spiro atoms. The van der Waals surface area contributed by atoms with Crippen LogP contribution in [0.25, 0.3) is 0 Å². The number of benzene rings is 1. The summed E-state index contributed by atoms with van der Waals surface area (Å²) in [6.45, 7) is 4.03. The highest BCUT2D eigenvalue weighted by Gasteiger charge is 2.41. The Kier molecular flexibility index (Phi) is 5.88. The van der Waals surface area contributed by atoms with Crippen LogP contribution in [0.1, 0.15) is 19.4 Å². The van der Waals surface area contributed by atoms with E-state index in [-0.39, 0.29) is 25.0 Å². The molecule has 1 aliphatic rings. The van der Waals surface area contributed by atoms with Crippen LogP contribution in [-0.2, 0) is 16.2 Å². The Hall–Kier alpha value is -0.830. The van der Waals surface area contributed by atoms with Crippen molar-refractivity contribution in [3.05, 3.63) is 29.8 Å². The van der Waals surface area contributed by atoms with Crippen LogP contribution >= 0.6 is 12.4 Å². The quantitative estimate of drug-likeness (QED) is 0.883. The Morgan fingerprint density at radius 1 is 1.23 bits per heavy atom. The molecule has 2 unspecified atom stereocenters. The molecule has 2 rings (SSSR count). The molecule has 0 amide bonds. The zero-order chi connectivity index (χ0) is 15.8. The van der Waals surface area contributed by atoms with Crippen molar-refractivity contribution < 1.29 is 21.6 Å². The first-order valence-electron chi connectivity index (χ1n) is 6.55. The van der Waals surface area contributed by atoms with Gasteiger partial charge in [-0.1, -0.05) is 12.1 Å². The van der Waals surface area contributed by atoms with Gasteiger partial charge in [0.15, 0.2) is 0 Å². The molecule has 0 bridgehead atoms. The summed E-state index contributed by atoms with van der Waals surface area (Å²) in [6, 6.07) is 3.80. The van der Waals surface area contributed by atoms with Gasteiger partial charge < -0.3 is 5.32 Å². The van der Waals surface area contributed by atoms with Gasteiger partial charge in [0.25, 0.3) is 0 Å². The van der Waals surface area contributed by atoms with E-state index < -0.39 is 32.7 Å². The van der Waals surface area contributed by atoms with Gasteiger partial charge in [-0.2, -0.15) is 17.5 Å². The minimum atomic E-state index is -4.70. The van der Waals surface area contributed by atoms with Gasteiger partial charge in [0.05, 0.1) is 10.5 Å². The van der Waals surface area contributed by atoms with E-state index in [4.69, 9.17) is 0 Å². The summed E-state index contributed by atoms with van der Waals surface area (Å²) in [7, 11) is -4.18. The van der Waals surface area contributed by atoms with E-state index in [1.165, 1.54) is 12.1 Å². The van der Waals surface area contributed by atoms with Gasteiger partial charge in [0.1, 0.15) is 0 Å². The fraction of sp³-hybridized carbons (Fsp3) is 0.538. The largest absolute Gasteiger partial charge is 0.417 e. The molecule has 1 fully saturated rings. The van der Waals surface area contributed by atoms with Crippen molar-refractivity contribution in [2.75, 3.05) is 13.1 Å². The van der Waals surface area contributed by atoms with Crippen LogP contribution in [0, 0.1) is 0 Å². The topological polar surface area (TPSA) is 49.4 Å². The molecule has 0 aromatic heterocycles. The monoisotopic (exact) mass is 358 g/mol. The molecule has 1 N–H and O–H groups in total. The molecule has 2 atom stereocenters. The summed E-state index contributed by atoms with van der Waals surface area (Å²) >= 11 is 0. The predicted molar refractivity (Wildman–Crippen MR) is 79.5 cm³/mol. The van der Waals surface area contributed by atoms with E-state index >= 15 is 0 Å². The number of sulfonamides is 1. The summed E-state index contributed by atoms with van der Waals surface area (Å²) in [5.41, 5.74) is -1.12. The first kappa shape index (κ1) is 19.2. The molecule has 126 valence electrons. The minimum Gasteiger partial charge on any atom is -0.311 e. The number of rotatable bonds is 2. The highest BCUT2D eigenvalue weighted by atomic mass is 35.5. The molecule has 9 heteroatoms. The maximum absolute atomic E-state index is 13.0. The van der Waals surface area contributed by atoms with Crippen LogP contribution in [0.3, 0.4) is 0 Å². The van der Waals surface area contributed by atoms with Crippen LogP contribution in [0.5, 0.6) is 0 Å². The third-order valence-electron chi connectivity index (χ3n) is 3.49. The third-order valence-corrected chi connectivity index (χ3v) is 5.52. The lowest BCUT2D eigenvalue weighted by atomic mass is 10.2. The van der Waals surface area contributed by atoms with E-state index in [0.717, 1.165) is 16.4 Å². The van der Waals surface area contributed by atoms with Crippen molar-refractivity contribution in [1.82, 2.24) is 9.62 Å². The Morgan fingerprint density at radius 2 is 1.82 bits per heavy atom. The number of nitrogens with zero attached hydrogens (tertiary/aromatic N) is 1. The summed E-state index contributed by atoms with van der Waals surface area (Å²) in [5.74, 6) is 0. The first-order chi connectivity index (χ1) is 9.64. The Bertz CT molecular complexity index is 622. The summed E-state index contributed by atoms with van der Waals surface area (Å²) in [6.07, 6.45) is -4.70. The van der Waals surface area contributed by atoms with Gasteiger partial charge >= 0.3 is 6.18 Å². The fourth-order valence-electron chi connectivity index (χ4n) is 2.38. The second kappa shape index (κ2) is 6.74. The van der Waals surface area contributed by atoms with E-state index in [0.29, 0.717) is 6.54 Å². The lowest BCUT2D eigenvalue weighted by Crippen LogP contribution is -2.56. The Balaban J connectivity index is 0.00000242. The van der Waals surface area contributed by atoms with Crippen LogP contribution in [-0.4, -0.2) is 37.9 Å². The van der Waals surface area contributed by atoms with Gasteiger partial charge in [-0.05, 0) is 26.0 Å². The second-order valence-corrected chi connectivity index (χ2v) is 7.09. The molecule has 1 saturated heterocycles. The highest BCUT2D eigenvalue weighted by Crippen LogP contribution is 2.35. The van der Waals surface area contributed by atoms with E-state index in [1.807, 2.05) is 0 Å². The molecule has 0 radical (unpaired) electrons. The van der Waals surface area contributed by atoms with Crippen molar-refractivity contribution in [3.63, 3.8) is 0 Å². The van der Waals surface area contributed by atoms with Crippen molar-refractivity contribution in [1.29, 1.82) is 0 Å². The van der Waals surface area contributed by atoms with E-state index in [9.17, 15) is 21.6 Å². The molecule has 1 heterocycles. The standard InChI is InChI=1S/C13H17F3N2O2S.ClH/c1-9-8-18(10(2)7-17-9)21(19,20)12-6-4-3-5-11(12)13(14,15)16;/h3-6,9-10,17H,7-8H2,1-2H3;1H. The fourth-order valence-corrected chi connectivity index (χ4v) is 4.31. The lowest BCUT2D eigenvalue weighted by Gasteiger charge is -2.36. The molecule has 1 aliphatic heterocycles. The highest BCUT2D eigenvalue weighted by molar-refractivity contribution is 7.89. The van der Waals surface area contributed by atoms with Gasteiger partial charge in [0, 0.05) is 25.2 Å². The zero-order valence-corrected chi connectivity index (χ0v) is 13.7. The smallest absolute Gasteiger partial charge is 0.311 e. The molecule has 1 aromatic carbocycles. The molecule has 0 saturated carbocycles. The average Bonchev–Trinajstić information content (AvgIpc) is 2.40. The van der Waals surface area contributed by atoms with E-state index in [2.05, 4.69) is 5.32 Å². The average molecular weight is 359 g/mol. The van der Waals surface area contributed by atoms with Crippen LogP contribution in [0.4, 0.5) is 13.2 Å². The predicted octanol–water partition coefficient (Wildman–Crippen LogP) is 2.50. The second-order valence-electron chi connectivity index (χ2n) is 5.23. The van der Waals surface area contributed by atoms with Gasteiger partial charge in [-0.3, -0.25) is 0 Å². The van der Waals surface area contributed by atoms with Crippen molar-refractivity contribution in [2.45, 2.75) is 37.0 Å². The molecule has 0 aliphatic carbocycles. The maximum atomic E-state index is 13.0. The van der Waals surface area contributed by atoms with Gasteiger partial charge in [0.2, 0.25) is 10.0 Å². The number of piperazine rings is 1. The van der Waals surface area contributed by atoms with Gasteiger partial charge in [-0.15, -0.1) is 12.4 Å². The van der Waals surface area contributed by atoms with E-state index in [1.54, 1.807) is 13.8 Å². The van der Waals surface area contributed by atoms with Crippen molar-refractivity contribution in [2.24, 2.45) is 0 Å². The van der Waals surface area contributed by atoms with Crippen molar-refractivity contribution >= 4 is 22.4 Å². The first-order valence-corrected chi connectivity index (χ1v) is 7.99. The van der Waals surface area contributed by atoms with Gasteiger partial charge in [-0.25, -0.2) is 8.42 Å². The number of alkyl halides is 3. The molecule has 22 heavy (non-hydrogen) atoms. The van der Waals surface area contributed by atoms with Crippen molar-refractivity contribution in [3.8, 4) is 0 Å². The number of halogens is 4. The number of nitrogens with one attached hydrogen (secondary N) is 1. The third kappa shape index (κ3) is 3.73. The molecule has 4 nitrogen and oxygen atoms in total. The van der Waals surface area contributed by atoms with Crippen LogP contribution < -0.4 is 5.32 Å². The normalized spacial score (nSPS) is 23.9. The SMILES string of the molecule is CC1CN(S(=O)(=O)c2ccccc2C(F)(F)F)C(C)CN1.Cl. The van der Waals surface area contributed by atoms with Crippen LogP contribution in [0.2, 0.25) is 0 Å². The summed E-state index contributed by atoms with van der Waals surface area (Å²) in [4.78, 5) is -0.682. The lowest BCUT2D eigenvalue weighted by molar-refractivity contribution is -0.139. The molecular weight excluding hydrogens is 341 g/mol. The van der Waals surface area contributed by atoms with Crippen LogP contribution in [0.15, 0.2) is 29.2 Å². The zero-order valence-electron chi connectivity index (χ0n) is 12.1. The maximum Gasteiger partial charge on any atom is 0.417 e.